The Balaban J connectivity index is 1.92. The Morgan fingerprint density at radius 3 is 2.13 bits per heavy atom. The van der Waals surface area contributed by atoms with Gasteiger partial charge in [0.25, 0.3) is 0 Å². The highest BCUT2D eigenvalue weighted by Crippen LogP contribution is 2.25. The maximum atomic E-state index is 14.4. The van der Waals surface area contributed by atoms with Crippen LogP contribution in [0.1, 0.15) is 16.7 Å². The van der Waals surface area contributed by atoms with Crippen molar-refractivity contribution in [1.82, 2.24) is 4.31 Å². The Morgan fingerprint density at radius 1 is 0.968 bits per heavy atom. The van der Waals surface area contributed by atoms with Crippen molar-refractivity contribution in [3.63, 3.8) is 0 Å². The van der Waals surface area contributed by atoms with Crippen LogP contribution in [0.5, 0.6) is 0 Å². The fraction of sp³-hybridized carbons (Fsp3) is 0.174. The van der Waals surface area contributed by atoms with Gasteiger partial charge in [-0.25, -0.2) is 12.8 Å². The average Bonchev–Trinajstić information content (AvgIpc) is 2.72. The summed E-state index contributed by atoms with van der Waals surface area (Å²) >= 11 is 6.11. The van der Waals surface area contributed by atoms with Gasteiger partial charge in [-0.3, -0.25) is 4.79 Å². The molecule has 0 aliphatic rings. The number of amides is 1. The first-order valence-corrected chi connectivity index (χ1v) is 11.3. The van der Waals surface area contributed by atoms with Crippen molar-refractivity contribution in [1.29, 1.82) is 0 Å². The Hall–Kier alpha value is -2.74. The summed E-state index contributed by atoms with van der Waals surface area (Å²) in [5.74, 6) is -1.19. The quantitative estimate of drug-likeness (QED) is 0.544. The number of nitrogens with one attached hydrogen (secondary N) is 1. The Bertz CT molecular complexity index is 1160. The number of nitrogens with zero attached hydrogens (tertiary/aromatic N) is 1. The van der Waals surface area contributed by atoms with Crippen molar-refractivity contribution in [2.75, 3.05) is 11.9 Å². The van der Waals surface area contributed by atoms with Crippen molar-refractivity contribution in [3.05, 3.63) is 94.3 Å². The van der Waals surface area contributed by atoms with Gasteiger partial charge in [0.1, 0.15) is 5.82 Å². The van der Waals surface area contributed by atoms with Crippen LogP contribution in [0, 0.1) is 19.7 Å². The first-order valence-electron chi connectivity index (χ1n) is 9.53. The molecule has 0 bridgehead atoms. The van der Waals surface area contributed by atoms with Crippen LogP contribution >= 0.6 is 11.6 Å². The Morgan fingerprint density at radius 2 is 1.55 bits per heavy atom. The number of hydrogen-bond donors (Lipinski definition) is 1. The van der Waals surface area contributed by atoms with Crippen molar-refractivity contribution >= 4 is 33.2 Å². The maximum absolute atomic E-state index is 14.4. The van der Waals surface area contributed by atoms with E-state index in [4.69, 9.17) is 11.6 Å². The largest absolute Gasteiger partial charge is 0.325 e. The van der Waals surface area contributed by atoms with Gasteiger partial charge in [0, 0.05) is 22.8 Å². The molecule has 162 valence electrons. The average molecular weight is 461 g/mol. The van der Waals surface area contributed by atoms with Crippen LogP contribution in [0.25, 0.3) is 0 Å². The number of anilines is 1. The van der Waals surface area contributed by atoms with Crippen molar-refractivity contribution in [2.24, 2.45) is 0 Å². The van der Waals surface area contributed by atoms with E-state index in [-0.39, 0.29) is 22.0 Å². The fourth-order valence-electron chi connectivity index (χ4n) is 2.94. The molecule has 3 aromatic rings. The molecule has 0 atom stereocenters. The molecule has 0 aliphatic heterocycles. The third-order valence-corrected chi connectivity index (χ3v) is 6.87. The minimum Gasteiger partial charge on any atom is -0.325 e. The molecule has 1 amide bonds. The summed E-state index contributed by atoms with van der Waals surface area (Å²) in [5.41, 5.74) is 2.45. The number of aryl methyl sites for hydroxylation is 2. The van der Waals surface area contributed by atoms with E-state index < -0.39 is 28.3 Å². The minimum atomic E-state index is -4.10. The molecule has 0 saturated carbocycles. The van der Waals surface area contributed by atoms with Crippen LogP contribution < -0.4 is 5.32 Å². The molecule has 3 aromatic carbocycles. The maximum Gasteiger partial charge on any atom is 0.243 e. The number of carbonyl (C=O) groups excluding carboxylic acids is 1. The number of sulfonamides is 1. The topological polar surface area (TPSA) is 66.5 Å². The number of hydrogen-bond acceptors (Lipinski definition) is 3. The van der Waals surface area contributed by atoms with Gasteiger partial charge in [0.05, 0.1) is 11.4 Å². The fourth-order valence-corrected chi connectivity index (χ4v) is 4.53. The highest BCUT2D eigenvalue weighted by atomic mass is 35.5. The van der Waals surface area contributed by atoms with E-state index in [1.165, 1.54) is 30.3 Å². The van der Waals surface area contributed by atoms with Crippen LogP contribution in [0.15, 0.2) is 71.6 Å². The Labute approximate surface area is 186 Å². The Kier molecular flexibility index (Phi) is 7.10. The second kappa shape index (κ2) is 9.60. The molecular formula is C23H22ClFN2O3S. The van der Waals surface area contributed by atoms with E-state index in [0.29, 0.717) is 5.69 Å². The van der Waals surface area contributed by atoms with Gasteiger partial charge in [-0.1, -0.05) is 53.1 Å². The lowest BCUT2D eigenvalue weighted by molar-refractivity contribution is -0.116. The van der Waals surface area contributed by atoms with Crippen LogP contribution in [0.4, 0.5) is 10.1 Å². The van der Waals surface area contributed by atoms with Crippen molar-refractivity contribution in [3.8, 4) is 0 Å². The zero-order valence-corrected chi connectivity index (χ0v) is 18.7. The number of benzene rings is 3. The summed E-state index contributed by atoms with van der Waals surface area (Å²) < 4.78 is 41.9. The number of rotatable bonds is 7. The molecule has 31 heavy (non-hydrogen) atoms. The molecule has 0 unspecified atom stereocenters. The molecule has 0 aliphatic carbocycles. The summed E-state index contributed by atoms with van der Waals surface area (Å²) in [6, 6.07) is 17.4. The lowest BCUT2D eigenvalue weighted by Gasteiger charge is -2.23. The monoisotopic (exact) mass is 460 g/mol. The SMILES string of the molecule is Cc1ccc(NC(=O)CN(Cc2c(F)cccc2Cl)S(=O)(=O)c2ccc(C)cc2)cc1. The van der Waals surface area contributed by atoms with Crippen LogP contribution in [0.3, 0.4) is 0 Å². The molecule has 0 radical (unpaired) electrons. The zero-order valence-electron chi connectivity index (χ0n) is 17.1. The van der Waals surface area contributed by atoms with Crippen molar-refractivity contribution < 1.29 is 17.6 Å². The van der Waals surface area contributed by atoms with Crippen LogP contribution in [-0.4, -0.2) is 25.2 Å². The lowest BCUT2D eigenvalue weighted by atomic mass is 10.2. The van der Waals surface area contributed by atoms with Gasteiger partial charge < -0.3 is 5.32 Å². The van der Waals surface area contributed by atoms with E-state index in [1.54, 1.807) is 24.3 Å². The summed E-state index contributed by atoms with van der Waals surface area (Å²) in [6.45, 7) is 2.86. The highest BCUT2D eigenvalue weighted by molar-refractivity contribution is 7.89. The van der Waals surface area contributed by atoms with E-state index in [0.717, 1.165) is 15.4 Å². The molecule has 0 heterocycles. The summed E-state index contributed by atoms with van der Waals surface area (Å²) in [6.07, 6.45) is 0. The molecule has 0 fully saturated rings. The summed E-state index contributed by atoms with van der Waals surface area (Å²) in [4.78, 5) is 12.7. The van der Waals surface area contributed by atoms with E-state index in [9.17, 15) is 17.6 Å². The second-order valence-corrected chi connectivity index (χ2v) is 9.55. The molecule has 8 heteroatoms. The minimum absolute atomic E-state index is 0.00277. The first-order chi connectivity index (χ1) is 14.7. The molecular weight excluding hydrogens is 439 g/mol. The zero-order chi connectivity index (χ0) is 22.6. The van der Waals surface area contributed by atoms with E-state index >= 15 is 0 Å². The molecule has 0 saturated heterocycles. The highest BCUT2D eigenvalue weighted by Gasteiger charge is 2.28. The third-order valence-electron chi connectivity index (χ3n) is 4.71. The molecule has 1 N–H and O–H groups in total. The first kappa shape index (κ1) is 22.9. The lowest BCUT2D eigenvalue weighted by Crippen LogP contribution is -2.37. The van der Waals surface area contributed by atoms with Gasteiger partial charge in [-0.15, -0.1) is 0 Å². The summed E-state index contributed by atoms with van der Waals surface area (Å²) in [7, 11) is -4.10. The van der Waals surface area contributed by atoms with Gasteiger partial charge in [-0.2, -0.15) is 4.31 Å². The predicted molar refractivity (Wildman–Crippen MR) is 120 cm³/mol. The predicted octanol–water partition coefficient (Wildman–Crippen LogP) is 4.93. The smallest absolute Gasteiger partial charge is 0.243 e. The van der Waals surface area contributed by atoms with E-state index in [2.05, 4.69) is 5.32 Å². The van der Waals surface area contributed by atoms with Gasteiger partial charge in [0.15, 0.2) is 0 Å². The van der Waals surface area contributed by atoms with E-state index in [1.807, 2.05) is 26.0 Å². The second-order valence-electron chi connectivity index (χ2n) is 7.20. The molecule has 5 nitrogen and oxygen atoms in total. The number of carbonyl (C=O) groups is 1. The standard InChI is InChI=1S/C23H22ClFN2O3S/c1-16-6-10-18(11-7-16)26-23(28)15-27(14-20-21(24)4-3-5-22(20)25)31(29,30)19-12-8-17(2)9-13-19/h3-13H,14-15H2,1-2H3,(H,26,28). The van der Waals surface area contributed by atoms with Gasteiger partial charge in [0.2, 0.25) is 15.9 Å². The molecule has 0 spiro atoms. The number of halogens is 2. The van der Waals surface area contributed by atoms with Gasteiger partial charge in [-0.05, 0) is 50.2 Å². The van der Waals surface area contributed by atoms with Crippen LogP contribution in [-0.2, 0) is 21.4 Å². The van der Waals surface area contributed by atoms with Crippen LogP contribution in [0.2, 0.25) is 5.02 Å². The molecule has 0 aromatic heterocycles. The molecule has 3 rings (SSSR count). The van der Waals surface area contributed by atoms with Gasteiger partial charge >= 0.3 is 0 Å². The van der Waals surface area contributed by atoms with Crippen molar-refractivity contribution in [2.45, 2.75) is 25.3 Å². The summed E-state index contributed by atoms with van der Waals surface area (Å²) in [5, 5.41) is 2.76. The third kappa shape index (κ3) is 5.70. The normalized spacial score (nSPS) is 11.5.